The van der Waals surface area contributed by atoms with Crippen LogP contribution in [0.5, 0.6) is 5.75 Å². The SMILES string of the molecule is COc1ccccc1C(=O)N[C@H](CCSC)C(=O)NC[C@@H](c1ccco1)N(C)C. The fraction of sp³-hybridized carbons (Fsp3) is 0.429. The maximum atomic E-state index is 12.9. The molecule has 1 heterocycles. The molecule has 8 heteroatoms. The van der Waals surface area contributed by atoms with Crippen molar-refractivity contribution < 1.29 is 18.7 Å². The molecule has 0 radical (unpaired) electrons. The number of hydrogen-bond acceptors (Lipinski definition) is 6. The highest BCUT2D eigenvalue weighted by atomic mass is 32.2. The van der Waals surface area contributed by atoms with Gasteiger partial charge in [-0.2, -0.15) is 11.8 Å². The first-order valence-corrected chi connectivity index (χ1v) is 10.8. The Morgan fingerprint density at radius 2 is 1.97 bits per heavy atom. The highest BCUT2D eigenvalue weighted by molar-refractivity contribution is 7.98. The van der Waals surface area contributed by atoms with Gasteiger partial charge in [0, 0.05) is 6.54 Å². The normalized spacial score (nSPS) is 13.0. The summed E-state index contributed by atoms with van der Waals surface area (Å²) < 4.78 is 10.7. The Hall–Kier alpha value is -2.45. The monoisotopic (exact) mass is 419 g/mol. The first kappa shape index (κ1) is 22.8. The molecule has 0 unspecified atom stereocenters. The highest BCUT2D eigenvalue weighted by Gasteiger charge is 2.24. The number of thioether (sulfide) groups is 1. The highest BCUT2D eigenvalue weighted by Crippen LogP contribution is 2.19. The van der Waals surface area contributed by atoms with Gasteiger partial charge in [-0.3, -0.25) is 14.5 Å². The molecule has 158 valence electrons. The van der Waals surface area contributed by atoms with Crippen LogP contribution in [0.4, 0.5) is 0 Å². The molecular formula is C21H29N3O4S. The fourth-order valence-corrected chi connectivity index (χ4v) is 3.38. The second-order valence-electron chi connectivity index (χ2n) is 6.75. The van der Waals surface area contributed by atoms with E-state index in [-0.39, 0.29) is 17.9 Å². The summed E-state index contributed by atoms with van der Waals surface area (Å²) in [6.07, 6.45) is 4.11. The lowest BCUT2D eigenvalue weighted by molar-refractivity contribution is -0.123. The van der Waals surface area contributed by atoms with Crippen molar-refractivity contribution in [1.29, 1.82) is 0 Å². The molecule has 1 aromatic heterocycles. The number of carbonyl (C=O) groups excluding carboxylic acids is 2. The van der Waals surface area contributed by atoms with E-state index in [9.17, 15) is 9.59 Å². The summed E-state index contributed by atoms with van der Waals surface area (Å²) in [6, 6.07) is 9.92. The quantitative estimate of drug-likeness (QED) is 0.582. The van der Waals surface area contributed by atoms with Gasteiger partial charge >= 0.3 is 0 Å². The van der Waals surface area contributed by atoms with Crippen LogP contribution in [-0.4, -0.2) is 62.5 Å². The molecule has 0 aliphatic rings. The molecule has 0 aliphatic carbocycles. The van der Waals surface area contributed by atoms with Crippen molar-refractivity contribution in [3.8, 4) is 5.75 Å². The van der Waals surface area contributed by atoms with Crippen LogP contribution in [0.2, 0.25) is 0 Å². The number of rotatable bonds is 11. The number of benzene rings is 1. The Labute approximate surface area is 176 Å². The van der Waals surface area contributed by atoms with Crippen LogP contribution < -0.4 is 15.4 Å². The summed E-state index contributed by atoms with van der Waals surface area (Å²) >= 11 is 1.63. The van der Waals surface area contributed by atoms with E-state index in [0.717, 1.165) is 11.5 Å². The first-order chi connectivity index (χ1) is 14.0. The van der Waals surface area contributed by atoms with E-state index in [4.69, 9.17) is 9.15 Å². The Kier molecular flexibility index (Phi) is 9.08. The van der Waals surface area contributed by atoms with Gasteiger partial charge in [-0.05, 0) is 56.8 Å². The van der Waals surface area contributed by atoms with E-state index >= 15 is 0 Å². The maximum absolute atomic E-state index is 12.9. The van der Waals surface area contributed by atoms with Crippen LogP contribution in [0.3, 0.4) is 0 Å². The number of amides is 2. The van der Waals surface area contributed by atoms with Gasteiger partial charge in [0.2, 0.25) is 5.91 Å². The first-order valence-electron chi connectivity index (χ1n) is 9.38. The number of furan rings is 1. The smallest absolute Gasteiger partial charge is 0.255 e. The predicted octanol–water partition coefficient (Wildman–Crippen LogP) is 2.56. The molecule has 1 aromatic carbocycles. The molecule has 0 spiro atoms. The lowest BCUT2D eigenvalue weighted by Crippen LogP contribution is -2.48. The predicted molar refractivity (Wildman–Crippen MR) is 115 cm³/mol. The minimum absolute atomic E-state index is 0.0972. The van der Waals surface area contributed by atoms with Crippen LogP contribution in [-0.2, 0) is 4.79 Å². The van der Waals surface area contributed by atoms with E-state index < -0.39 is 6.04 Å². The average molecular weight is 420 g/mol. The second kappa shape index (κ2) is 11.5. The van der Waals surface area contributed by atoms with Crippen LogP contribution in [0.15, 0.2) is 47.1 Å². The Morgan fingerprint density at radius 3 is 2.59 bits per heavy atom. The van der Waals surface area contributed by atoms with Crippen molar-refractivity contribution in [2.24, 2.45) is 0 Å². The van der Waals surface area contributed by atoms with Crippen molar-refractivity contribution >= 4 is 23.6 Å². The molecule has 0 bridgehead atoms. The van der Waals surface area contributed by atoms with Crippen molar-refractivity contribution in [3.63, 3.8) is 0 Å². The van der Waals surface area contributed by atoms with Gasteiger partial charge in [-0.25, -0.2) is 0 Å². The van der Waals surface area contributed by atoms with Crippen molar-refractivity contribution in [3.05, 3.63) is 54.0 Å². The minimum atomic E-state index is -0.640. The average Bonchev–Trinajstić information content (AvgIpc) is 3.25. The van der Waals surface area contributed by atoms with E-state index in [0.29, 0.717) is 24.3 Å². The topological polar surface area (TPSA) is 83.8 Å². The third-order valence-corrected chi connectivity index (χ3v) is 5.19. The van der Waals surface area contributed by atoms with Gasteiger partial charge in [-0.1, -0.05) is 12.1 Å². The zero-order valence-electron chi connectivity index (χ0n) is 17.3. The van der Waals surface area contributed by atoms with Gasteiger partial charge in [0.05, 0.1) is 25.0 Å². The number of hydrogen-bond donors (Lipinski definition) is 2. The van der Waals surface area contributed by atoms with Crippen LogP contribution in [0, 0.1) is 0 Å². The molecule has 2 atom stereocenters. The lowest BCUT2D eigenvalue weighted by atomic mass is 10.1. The molecule has 2 aromatic rings. The second-order valence-corrected chi connectivity index (χ2v) is 7.73. The number of likely N-dealkylation sites (N-methyl/N-ethyl adjacent to an activating group) is 1. The minimum Gasteiger partial charge on any atom is -0.496 e. The number of nitrogens with zero attached hydrogens (tertiary/aromatic N) is 1. The summed E-state index contributed by atoms with van der Waals surface area (Å²) in [5.41, 5.74) is 0.402. The van der Waals surface area contributed by atoms with Crippen LogP contribution >= 0.6 is 11.8 Å². The van der Waals surface area contributed by atoms with Crippen molar-refractivity contribution in [2.45, 2.75) is 18.5 Å². The van der Waals surface area contributed by atoms with Gasteiger partial charge in [0.15, 0.2) is 0 Å². The van der Waals surface area contributed by atoms with E-state index in [2.05, 4.69) is 10.6 Å². The van der Waals surface area contributed by atoms with Gasteiger partial charge in [-0.15, -0.1) is 0 Å². The molecule has 7 nitrogen and oxygen atoms in total. The number of carbonyl (C=O) groups is 2. The molecule has 29 heavy (non-hydrogen) atoms. The van der Waals surface area contributed by atoms with Gasteiger partial charge < -0.3 is 19.8 Å². The van der Waals surface area contributed by atoms with E-state index in [1.54, 1.807) is 42.3 Å². The molecule has 0 fully saturated rings. The van der Waals surface area contributed by atoms with Gasteiger partial charge in [0.25, 0.3) is 5.91 Å². The third-order valence-electron chi connectivity index (χ3n) is 4.55. The molecule has 2 N–H and O–H groups in total. The van der Waals surface area contributed by atoms with Crippen molar-refractivity contribution in [2.75, 3.05) is 39.8 Å². The molecule has 0 saturated carbocycles. The third kappa shape index (κ3) is 6.54. The molecule has 2 amide bonds. The number of methoxy groups -OCH3 is 1. The van der Waals surface area contributed by atoms with E-state index in [1.165, 1.54) is 7.11 Å². The maximum Gasteiger partial charge on any atom is 0.255 e. The molecule has 2 rings (SSSR count). The molecule has 0 aliphatic heterocycles. The summed E-state index contributed by atoms with van der Waals surface area (Å²) in [7, 11) is 5.36. The summed E-state index contributed by atoms with van der Waals surface area (Å²) in [6.45, 7) is 0.375. The number of ether oxygens (including phenoxy) is 1. The zero-order chi connectivity index (χ0) is 21.2. The molecular weight excluding hydrogens is 390 g/mol. The van der Waals surface area contributed by atoms with Crippen LogP contribution in [0.1, 0.15) is 28.6 Å². The zero-order valence-corrected chi connectivity index (χ0v) is 18.1. The van der Waals surface area contributed by atoms with Gasteiger partial charge in [0.1, 0.15) is 17.6 Å². The summed E-state index contributed by atoms with van der Waals surface area (Å²) in [5, 5.41) is 5.80. The van der Waals surface area contributed by atoms with E-state index in [1.807, 2.05) is 37.4 Å². The largest absolute Gasteiger partial charge is 0.496 e. The summed E-state index contributed by atoms with van der Waals surface area (Å²) in [5.74, 6) is 1.44. The Bertz CT molecular complexity index is 780. The molecule has 0 saturated heterocycles. The number of para-hydroxylation sites is 1. The summed E-state index contributed by atoms with van der Waals surface area (Å²) in [4.78, 5) is 27.6. The van der Waals surface area contributed by atoms with Crippen molar-refractivity contribution in [1.82, 2.24) is 15.5 Å². The fourth-order valence-electron chi connectivity index (χ4n) is 2.91. The Balaban J connectivity index is 2.06. The standard InChI is InChI=1S/C21H29N3O4S/c1-24(2)17(19-10-7-12-28-19)14-22-21(26)16(11-13-29-4)23-20(25)15-8-5-6-9-18(15)27-3/h5-10,12,16-17H,11,13-14H2,1-4H3,(H,22,26)(H,23,25)/t16-,17+/m1/s1. The number of nitrogens with one attached hydrogen (secondary N) is 2. The Morgan fingerprint density at radius 1 is 1.21 bits per heavy atom. The lowest BCUT2D eigenvalue weighted by Gasteiger charge is -2.24. The van der Waals surface area contributed by atoms with Crippen LogP contribution in [0.25, 0.3) is 0 Å².